The van der Waals surface area contributed by atoms with Crippen molar-refractivity contribution in [2.45, 2.75) is 232 Å². The smallest absolute Gasteiger partial charge is 0.0782 e. The monoisotopic (exact) mass is 651 g/mol. The Morgan fingerprint density at radius 3 is 0.478 bits per heavy atom. The van der Waals surface area contributed by atoms with Crippen LogP contribution in [-0.2, 0) is 0 Å². The van der Waals surface area contributed by atoms with Gasteiger partial charge in [0.15, 0.2) is 0 Å². The van der Waals surface area contributed by atoms with E-state index in [2.05, 4.69) is 42.0 Å². The SMILES string of the molecule is CCCCCCCCCCCCCCCCCC[N+](C)(C)CCCCCC[N+](C)(C)CCCCCCCCCCCCCCCC. The number of rotatable bonds is 39. The lowest BCUT2D eigenvalue weighted by Crippen LogP contribution is -2.41. The second kappa shape index (κ2) is 34.8. The average Bonchev–Trinajstić information content (AvgIpc) is 3.02. The predicted molar refractivity (Wildman–Crippen MR) is 212 cm³/mol. The molecule has 0 aliphatic rings. The maximum atomic E-state index is 2.47. The van der Waals surface area contributed by atoms with E-state index in [1.54, 1.807) is 0 Å². The van der Waals surface area contributed by atoms with Crippen LogP contribution in [0.2, 0.25) is 0 Å². The minimum absolute atomic E-state index is 1.24. The van der Waals surface area contributed by atoms with Crippen molar-refractivity contribution in [1.82, 2.24) is 0 Å². The molecule has 0 unspecified atom stereocenters. The molecule has 0 heterocycles. The summed E-state index contributed by atoms with van der Waals surface area (Å²) in [5.74, 6) is 0. The van der Waals surface area contributed by atoms with Crippen LogP contribution in [-0.4, -0.2) is 63.3 Å². The molecule has 0 aliphatic heterocycles. The molecule has 0 fully saturated rings. The molecule has 0 rings (SSSR count). The number of nitrogens with zero attached hydrogens (tertiary/aromatic N) is 2. The third-order valence-corrected chi connectivity index (χ3v) is 11.0. The Morgan fingerprint density at radius 1 is 0.196 bits per heavy atom. The van der Waals surface area contributed by atoms with Crippen LogP contribution in [0.25, 0.3) is 0 Å². The second-order valence-corrected chi connectivity index (χ2v) is 17.1. The summed E-state index contributed by atoms with van der Waals surface area (Å²) in [6, 6.07) is 0. The van der Waals surface area contributed by atoms with Gasteiger partial charge in [0, 0.05) is 0 Å². The largest absolute Gasteiger partial charge is 0.328 e. The molecule has 0 aromatic rings. The van der Waals surface area contributed by atoms with Gasteiger partial charge in [0.05, 0.1) is 54.4 Å². The molecular formula is C44H94N2+2. The summed E-state index contributed by atoms with van der Waals surface area (Å²) in [5.41, 5.74) is 0. The molecule has 0 aromatic heterocycles. The average molecular weight is 651 g/mol. The summed E-state index contributed by atoms with van der Waals surface area (Å²) in [4.78, 5) is 0. The van der Waals surface area contributed by atoms with E-state index >= 15 is 0 Å². The van der Waals surface area contributed by atoms with E-state index in [-0.39, 0.29) is 0 Å². The van der Waals surface area contributed by atoms with Crippen molar-refractivity contribution < 1.29 is 8.97 Å². The molecule has 0 aromatic carbocycles. The number of unbranched alkanes of at least 4 members (excludes halogenated alkanes) is 31. The van der Waals surface area contributed by atoms with E-state index in [0.717, 1.165) is 0 Å². The van der Waals surface area contributed by atoms with Crippen molar-refractivity contribution in [2.24, 2.45) is 0 Å². The summed E-state index contributed by atoms with van der Waals surface area (Å²) in [7, 11) is 9.89. The quantitative estimate of drug-likeness (QED) is 0.0459. The van der Waals surface area contributed by atoms with Crippen molar-refractivity contribution in [2.75, 3.05) is 54.4 Å². The number of hydrogen-bond donors (Lipinski definition) is 0. The molecule has 0 aliphatic carbocycles. The predicted octanol–water partition coefficient (Wildman–Crippen LogP) is 14.4. The molecule has 0 atom stereocenters. The van der Waals surface area contributed by atoms with E-state index < -0.39 is 0 Å². The topological polar surface area (TPSA) is 0 Å². The van der Waals surface area contributed by atoms with E-state index in [9.17, 15) is 0 Å². The van der Waals surface area contributed by atoms with Crippen LogP contribution in [0.5, 0.6) is 0 Å². The minimum Gasteiger partial charge on any atom is -0.328 e. The summed E-state index contributed by atoms with van der Waals surface area (Å²) in [6.07, 6.45) is 49.5. The highest BCUT2D eigenvalue weighted by molar-refractivity contribution is 4.52. The van der Waals surface area contributed by atoms with Gasteiger partial charge in [-0.2, -0.15) is 0 Å². The molecule has 0 radical (unpaired) electrons. The van der Waals surface area contributed by atoms with Crippen LogP contribution in [0.15, 0.2) is 0 Å². The van der Waals surface area contributed by atoms with Crippen molar-refractivity contribution >= 4 is 0 Å². The fourth-order valence-corrected chi connectivity index (χ4v) is 7.48. The van der Waals surface area contributed by atoms with Crippen LogP contribution < -0.4 is 0 Å². The standard InChI is InChI=1S/C44H94N2/c1-7-9-11-13-15-17-19-21-23-24-26-28-30-32-34-38-42-46(5,6)44-40-36-35-39-43-45(3,4)41-37-33-31-29-27-25-22-20-18-16-14-12-10-8-2/h7-44H2,1-6H3/q+2. The van der Waals surface area contributed by atoms with Crippen LogP contribution in [0.1, 0.15) is 232 Å². The van der Waals surface area contributed by atoms with E-state index in [4.69, 9.17) is 0 Å². The molecule has 0 saturated heterocycles. The summed E-state index contributed by atoms with van der Waals surface area (Å²) < 4.78 is 2.47. The van der Waals surface area contributed by atoms with Gasteiger partial charge < -0.3 is 8.97 Å². The van der Waals surface area contributed by atoms with Crippen LogP contribution >= 0.6 is 0 Å². The zero-order chi connectivity index (χ0) is 33.9. The Balaban J connectivity index is 3.46. The van der Waals surface area contributed by atoms with Gasteiger partial charge in [0.25, 0.3) is 0 Å². The molecule has 0 spiro atoms. The highest BCUT2D eigenvalue weighted by Gasteiger charge is 2.16. The third-order valence-electron chi connectivity index (χ3n) is 11.0. The van der Waals surface area contributed by atoms with Crippen LogP contribution in [0.4, 0.5) is 0 Å². The van der Waals surface area contributed by atoms with Gasteiger partial charge in [-0.1, -0.05) is 181 Å². The Morgan fingerprint density at radius 2 is 0.326 bits per heavy atom. The fourth-order valence-electron chi connectivity index (χ4n) is 7.48. The first-order chi connectivity index (χ1) is 22.3. The van der Waals surface area contributed by atoms with Crippen LogP contribution in [0, 0.1) is 0 Å². The first kappa shape index (κ1) is 45.9. The van der Waals surface area contributed by atoms with Gasteiger partial charge in [-0.3, -0.25) is 0 Å². The third kappa shape index (κ3) is 36.8. The summed E-state index contributed by atoms with van der Waals surface area (Å²) in [5, 5.41) is 0. The molecular weight excluding hydrogens is 556 g/mol. The minimum atomic E-state index is 1.24. The Labute approximate surface area is 294 Å². The molecule has 0 bridgehead atoms. The lowest BCUT2D eigenvalue weighted by atomic mass is 10.0. The molecule has 2 heteroatoms. The summed E-state index contributed by atoms with van der Waals surface area (Å²) in [6.45, 7) is 10.1. The van der Waals surface area contributed by atoms with E-state index in [1.807, 2.05) is 0 Å². The Kier molecular flexibility index (Phi) is 34.7. The van der Waals surface area contributed by atoms with E-state index in [1.165, 1.54) is 253 Å². The molecule has 46 heavy (non-hydrogen) atoms. The zero-order valence-electron chi connectivity index (χ0n) is 33.8. The highest BCUT2D eigenvalue weighted by atomic mass is 15.3. The van der Waals surface area contributed by atoms with Gasteiger partial charge >= 0.3 is 0 Å². The lowest BCUT2D eigenvalue weighted by molar-refractivity contribution is -0.891. The van der Waals surface area contributed by atoms with Gasteiger partial charge in [-0.05, 0) is 51.4 Å². The molecule has 0 saturated carbocycles. The first-order valence-corrected chi connectivity index (χ1v) is 22.0. The van der Waals surface area contributed by atoms with Gasteiger partial charge in [-0.25, -0.2) is 0 Å². The number of quaternary nitrogens is 2. The Bertz CT molecular complexity index is 568. The second-order valence-electron chi connectivity index (χ2n) is 17.1. The molecule has 2 nitrogen and oxygen atoms in total. The Hall–Kier alpha value is -0.0800. The first-order valence-electron chi connectivity index (χ1n) is 22.0. The van der Waals surface area contributed by atoms with Crippen molar-refractivity contribution in [3.8, 4) is 0 Å². The van der Waals surface area contributed by atoms with E-state index in [0.29, 0.717) is 0 Å². The highest BCUT2D eigenvalue weighted by Crippen LogP contribution is 2.16. The molecule has 0 N–H and O–H groups in total. The molecule has 0 amide bonds. The maximum absolute atomic E-state index is 2.47. The molecule has 278 valence electrons. The van der Waals surface area contributed by atoms with Gasteiger partial charge in [0.2, 0.25) is 0 Å². The van der Waals surface area contributed by atoms with Crippen LogP contribution in [0.3, 0.4) is 0 Å². The fraction of sp³-hybridized carbons (Fsp3) is 1.00. The number of hydrogen-bond acceptors (Lipinski definition) is 0. The van der Waals surface area contributed by atoms with Gasteiger partial charge in [0.1, 0.15) is 0 Å². The van der Waals surface area contributed by atoms with Crippen molar-refractivity contribution in [3.63, 3.8) is 0 Å². The van der Waals surface area contributed by atoms with Crippen molar-refractivity contribution in [1.29, 1.82) is 0 Å². The van der Waals surface area contributed by atoms with Gasteiger partial charge in [-0.15, -0.1) is 0 Å². The van der Waals surface area contributed by atoms with Crippen molar-refractivity contribution in [3.05, 3.63) is 0 Å². The normalized spacial score (nSPS) is 12.4. The lowest BCUT2D eigenvalue weighted by Gasteiger charge is -2.31. The summed E-state index contributed by atoms with van der Waals surface area (Å²) >= 11 is 0. The maximum Gasteiger partial charge on any atom is 0.0782 e. The zero-order valence-corrected chi connectivity index (χ0v) is 33.8.